The molecule has 0 fully saturated rings. The van der Waals surface area contributed by atoms with Crippen molar-refractivity contribution in [3.63, 3.8) is 0 Å². The van der Waals surface area contributed by atoms with Gasteiger partial charge in [-0.3, -0.25) is 0 Å². The topological polar surface area (TPSA) is 26.0 Å². The average molecular weight is 207 g/mol. The van der Waals surface area contributed by atoms with E-state index < -0.39 is 30.5 Å². The third-order valence-corrected chi connectivity index (χ3v) is 1.76. The summed E-state index contributed by atoms with van der Waals surface area (Å²) in [5, 5.41) is 0. The van der Waals surface area contributed by atoms with Crippen LogP contribution in [0.5, 0.6) is 0 Å². The third kappa shape index (κ3) is 2.70. The number of hydrogen-bond acceptors (Lipinski definition) is 1. The van der Waals surface area contributed by atoms with E-state index in [9.17, 15) is 17.6 Å². The number of benzene rings is 1. The Morgan fingerprint density at radius 1 is 1.21 bits per heavy atom. The zero-order valence-corrected chi connectivity index (χ0v) is 7.24. The summed E-state index contributed by atoms with van der Waals surface area (Å²) in [6, 6.07) is 2.50. The van der Waals surface area contributed by atoms with Gasteiger partial charge in [0, 0.05) is 12.5 Å². The van der Waals surface area contributed by atoms with Gasteiger partial charge in [0.1, 0.15) is 11.6 Å². The van der Waals surface area contributed by atoms with Gasteiger partial charge in [0.05, 0.1) is 6.54 Å². The molecule has 14 heavy (non-hydrogen) atoms. The van der Waals surface area contributed by atoms with Crippen molar-refractivity contribution in [1.82, 2.24) is 0 Å². The largest absolute Gasteiger partial charge is 0.325 e. The highest BCUT2D eigenvalue weighted by Crippen LogP contribution is 2.20. The van der Waals surface area contributed by atoms with E-state index in [1.165, 1.54) is 0 Å². The first-order valence-corrected chi connectivity index (χ1v) is 3.96. The fourth-order valence-corrected chi connectivity index (χ4v) is 1.02. The second kappa shape index (κ2) is 3.96. The number of hydrogen-bond donors (Lipinski definition) is 1. The maximum atomic E-state index is 12.9. The van der Waals surface area contributed by atoms with Crippen LogP contribution in [0.4, 0.5) is 17.6 Å². The Bertz CT molecular complexity index is 325. The van der Waals surface area contributed by atoms with Crippen LogP contribution in [0.3, 0.4) is 0 Å². The van der Waals surface area contributed by atoms with E-state index in [2.05, 4.69) is 0 Å². The van der Waals surface area contributed by atoms with Crippen LogP contribution in [0.25, 0.3) is 0 Å². The van der Waals surface area contributed by atoms with Gasteiger partial charge in [-0.1, -0.05) is 6.07 Å². The number of alkyl halides is 2. The molecule has 0 aliphatic heterocycles. The highest BCUT2D eigenvalue weighted by molar-refractivity contribution is 5.19. The van der Waals surface area contributed by atoms with Crippen LogP contribution in [0, 0.1) is 11.6 Å². The Morgan fingerprint density at radius 2 is 1.86 bits per heavy atom. The molecule has 0 saturated carbocycles. The van der Waals surface area contributed by atoms with Crippen molar-refractivity contribution >= 4 is 0 Å². The van der Waals surface area contributed by atoms with Crippen molar-refractivity contribution in [2.45, 2.75) is 12.3 Å². The molecule has 0 unspecified atom stereocenters. The monoisotopic (exact) mass is 207 g/mol. The van der Waals surface area contributed by atoms with Crippen LogP contribution >= 0.6 is 0 Å². The molecule has 1 aromatic carbocycles. The summed E-state index contributed by atoms with van der Waals surface area (Å²) in [6.07, 6.45) is -0.810. The molecule has 0 amide bonds. The standard InChI is InChI=1S/C9H9F4N/c10-7-2-1-6(8(11)3-7)4-9(12,13)5-14/h1-3H,4-5,14H2. The minimum absolute atomic E-state index is 0.234. The quantitative estimate of drug-likeness (QED) is 0.754. The maximum absolute atomic E-state index is 12.9. The first-order chi connectivity index (χ1) is 6.44. The predicted molar refractivity (Wildman–Crippen MR) is 44.1 cm³/mol. The molecule has 5 heteroatoms. The van der Waals surface area contributed by atoms with Crippen LogP contribution in [0.1, 0.15) is 5.56 Å². The van der Waals surface area contributed by atoms with Crippen molar-refractivity contribution in [2.75, 3.05) is 6.54 Å². The normalized spacial score (nSPS) is 11.8. The summed E-state index contributed by atoms with van der Waals surface area (Å²) in [5.41, 5.74) is 4.55. The van der Waals surface area contributed by atoms with Crippen LogP contribution < -0.4 is 5.73 Å². The SMILES string of the molecule is NCC(F)(F)Cc1ccc(F)cc1F. The molecule has 1 rings (SSSR count). The van der Waals surface area contributed by atoms with Gasteiger partial charge in [-0.2, -0.15) is 0 Å². The van der Waals surface area contributed by atoms with Gasteiger partial charge >= 0.3 is 0 Å². The molecule has 0 saturated heterocycles. The van der Waals surface area contributed by atoms with Crippen LogP contribution in [0.15, 0.2) is 18.2 Å². The Labute approximate surface area is 78.5 Å². The Hall–Kier alpha value is -1.10. The lowest BCUT2D eigenvalue weighted by Gasteiger charge is -2.13. The molecule has 0 spiro atoms. The lowest BCUT2D eigenvalue weighted by Crippen LogP contribution is -2.30. The fraction of sp³-hybridized carbons (Fsp3) is 0.333. The van der Waals surface area contributed by atoms with Gasteiger partial charge in [-0.05, 0) is 11.6 Å². The molecule has 0 atom stereocenters. The molecule has 0 bridgehead atoms. The van der Waals surface area contributed by atoms with Crippen LogP contribution in [0.2, 0.25) is 0 Å². The van der Waals surface area contributed by atoms with Crippen molar-refractivity contribution in [3.05, 3.63) is 35.4 Å². The van der Waals surface area contributed by atoms with Gasteiger partial charge in [-0.15, -0.1) is 0 Å². The van der Waals surface area contributed by atoms with E-state index in [4.69, 9.17) is 5.73 Å². The Kier molecular flexibility index (Phi) is 3.10. The molecular formula is C9H9F4N. The van der Waals surface area contributed by atoms with Crippen molar-refractivity contribution in [3.8, 4) is 0 Å². The highest BCUT2D eigenvalue weighted by atomic mass is 19.3. The molecule has 2 N–H and O–H groups in total. The molecule has 1 nitrogen and oxygen atoms in total. The summed E-state index contributed by atoms with van der Waals surface area (Å²) in [4.78, 5) is 0. The van der Waals surface area contributed by atoms with Crippen molar-refractivity contribution in [1.29, 1.82) is 0 Å². The minimum atomic E-state index is -3.15. The smallest absolute Gasteiger partial charge is 0.264 e. The van der Waals surface area contributed by atoms with E-state index in [0.29, 0.717) is 6.07 Å². The lowest BCUT2D eigenvalue weighted by atomic mass is 10.1. The minimum Gasteiger partial charge on any atom is -0.325 e. The fourth-order valence-electron chi connectivity index (χ4n) is 1.02. The summed E-state index contributed by atoms with van der Waals surface area (Å²) < 4.78 is 50.8. The Morgan fingerprint density at radius 3 is 2.36 bits per heavy atom. The number of rotatable bonds is 3. The number of nitrogens with two attached hydrogens (primary N) is 1. The third-order valence-electron chi connectivity index (χ3n) is 1.76. The molecule has 0 aliphatic rings. The number of halogens is 4. The van der Waals surface area contributed by atoms with E-state index >= 15 is 0 Å². The lowest BCUT2D eigenvalue weighted by molar-refractivity contribution is 0.0106. The van der Waals surface area contributed by atoms with Gasteiger partial charge in [0.2, 0.25) is 0 Å². The zero-order chi connectivity index (χ0) is 10.8. The van der Waals surface area contributed by atoms with Crippen molar-refractivity contribution in [2.24, 2.45) is 5.73 Å². The zero-order valence-electron chi connectivity index (χ0n) is 7.24. The summed E-state index contributed by atoms with van der Waals surface area (Å²) in [6.45, 7) is -0.857. The average Bonchev–Trinajstić information content (AvgIpc) is 2.10. The van der Waals surface area contributed by atoms with Crippen molar-refractivity contribution < 1.29 is 17.6 Å². The molecule has 0 aromatic heterocycles. The predicted octanol–water partition coefficient (Wildman–Crippen LogP) is 2.10. The van der Waals surface area contributed by atoms with Gasteiger partial charge in [-0.25, -0.2) is 17.6 Å². The molecular weight excluding hydrogens is 198 g/mol. The van der Waals surface area contributed by atoms with Gasteiger partial charge in [0.15, 0.2) is 0 Å². The summed E-state index contributed by atoms with van der Waals surface area (Å²) >= 11 is 0. The van der Waals surface area contributed by atoms with E-state index in [0.717, 1.165) is 12.1 Å². The molecule has 78 valence electrons. The summed E-state index contributed by atoms with van der Waals surface area (Å²) in [5.74, 6) is -4.92. The second-order valence-corrected chi connectivity index (χ2v) is 2.97. The summed E-state index contributed by atoms with van der Waals surface area (Å²) in [7, 11) is 0. The van der Waals surface area contributed by atoms with Gasteiger partial charge < -0.3 is 5.73 Å². The van der Waals surface area contributed by atoms with E-state index in [1.807, 2.05) is 0 Å². The maximum Gasteiger partial charge on any atom is 0.264 e. The second-order valence-electron chi connectivity index (χ2n) is 2.97. The molecule has 1 aromatic rings. The molecule has 0 heterocycles. The first-order valence-electron chi connectivity index (χ1n) is 3.96. The van der Waals surface area contributed by atoms with E-state index in [1.54, 1.807) is 0 Å². The molecule has 0 radical (unpaired) electrons. The molecule has 0 aliphatic carbocycles. The van der Waals surface area contributed by atoms with Crippen LogP contribution in [-0.2, 0) is 6.42 Å². The first kappa shape index (κ1) is 11.0. The van der Waals surface area contributed by atoms with Gasteiger partial charge in [0.25, 0.3) is 5.92 Å². The van der Waals surface area contributed by atoms with Crippen LogP contribution in [-0.4, -0.2) is 12.5 Å². The highest BCUT2D eigenvalue weighted by Gasteiger charge is 2.28. The Balaban J connectivity index is 2.87. The van der Waals surface area contributed by atoms with E-state index in [-0.39, 0.29) is 5.56 Å².